The van der Waals surface area contributed by atoms with Gasteiger partial charge in [0, 0.05) is 5.56 Å². The maximum atomic E-state index is 13.4. The van der Waals surface area contributed by atoms with Crippen molar-refractivity contribution < 1.29 is 12.8 Å². The van der Waals surface area contributed by atoms with Crippen molar-refractivity contribution in [3.63, 3.8) is 0 Å². The van der Waals surface area contributed by atoms with Gasteiger partial charge < -0.3 is 0 Å². The highest BCUT2D eigenvalue weighted by Gasteiger charge is 2.17. The van der Waals surface area contributed by atoms with Crippen LogP contribution in [-0.4, -0.2) is 8.42 Å². The Hall–Kier alpha value is -1.68. The van der Waals surface area contributed by atoms with Gasteiger partial charge in [0.2, 0.25) is 0 Å². The number of hydrogen-bond donors (Lipinski definition) is 0. The fraction of sp³-hybridized carbons (Fsp3) is 0.0714. The van der Waals surface area contributed by atoms with Crippen molar-refractivity contribution in [2.45, 2.75) is 11.8 Å². The lowest BCUT2D eigenvalue weighted by Gasteiger charge is -2.05. The Labute approximate surface area is 106 Å². The first-order valence-corrected chi connectivity index (χ1v) is 6.95. The number of aryl methyl sites for hydroxylation is 1. The van der Waals surface area contributed by atoms with Crippen LogP contribution in [0.4, 0.5) is 4.39 Å². The molecule has 0 amide bonds. The minimum Gasteiger partial charge on any atom is -0.223 e. The van der Waals surface area contributed by atoms with E-state index in [-0.39, 0.29) is 10.5 Å². The lowest BCUT2D eigenvalue weighted by Crippen LogP contribution is -2.04. The topological polar surface area (TPSA) is 34.1 Å². The van der Waals surface area contributed by atoms with Gasteiger partial charge in [-0.3, -0.25) is 0 Å². The summed E-state index contributed by atoms with van der Waals surface area (Å²) in [5.74, 6) is 0.403. The van der Waals surface area contributed by atoms with E-state index in [4.69, 9.17) is 0 Å². The summed E-state index contributed by atoms with van der Waals surface area (Å²) in [4.78, 5) is 0.163. The largest absolute Gasteiger partial charge is 0.223 e. The van der Waals surface area contributed by atoms with Crippen LogP contribution in [0.25, 0.3) is 0 Å². The molecule has 2 nitrogen and oxygen atoms in total. The first kappa shape index (κ1) is 12.8. The van der Waals surface area contributed by atoms with Gasteiger partial charge in [0.05, 0.1) is 4.90 Å². The summed E-state index contributed by atoms with van der Waals surface area (Å²) in [5.41, 5.74) is 1.04. The van der Waals surface area contributed by atoms with Crippen LogP contribution in [0.15, 0.2) is 53.4 Å². The van der Waals surface area contributed by atoms with Crippen LogP contribution < -0.4 is 0 Å². The van der Waals surface area contributed by atoms with Crippen molar-refractivity contribution in [1.29, 1.82) is 0 Å². The second kappa shape index (κ2) is 4.90. The maximum absolute atomic E-state index is 13.4. The van der Waals surface area contributed by atoms with Gasteiger partial charge in [-0.25, -0.2) is 12.8 Å². The van der Waals surface area contributed by atoms with Crippen LogP contribution in [0, 0.1) is 18.5 Å². The van der Waals surface area contributed by atoms with E-state index in [0.717, 1.165) is 11.3 Å². The van der Waals surface area contributed by atoms with Gasteiger partial charge in [-0.05, 0) is 25.1 Å². The third-order valence-electron chi connectivity index (χ3n) is 2.54. The molecule has 0 aromatic heterocycles. The molecule has 0 spiro atoms. The first-order chi connectivity index (χ1) is 8.49. The molecule has 0 saturated heterocycles. The molecule has 0 aliphatic heterocycles. The summed E-state index contributed by atoms with van der Waals surface area (Å²) in [5, 5.41) is 0. The molecule has 0 unspecified atom stereocenters. The zero-order chi connectivity index (χ0) is 13.2. The minimum absolute atomic E-state index is 0.0677. The molecule has 1 radical (unpaired) electrons. The molecular weight excluding hydrogens is 251 g/mol. The molecule has 0 N–H and O–H groups in total. The van der Waals surface area contributed by atoms with Crippen LogP contribution in [0.2, 0.25) is 0 Å². The molecular formula is C14H12FO2S. The van der Waals surface area contributed by atoms with Gasteiger partial charge in [0.15, 0.2) is 9.84 Å². The van der Waals surface area contributed by atoms with Gasteiger partial charge >= 0.3 is 0 Å². The van der Waals surface area contributed by atoms with Crippen LogP contribution in [0.3, 0.4) is 0 Å². The van der Waals surface area contributed by atoms with Crippen molar-refractivity contribution >= 4 is 9.84 Å². The van der Waals surface area contributed by atoms with E-state index in [0.29, 0.717) is 0 Å². The molecule has 0 atom stereocenters. The fourth-order valence-corrected chi connectivity index (χ4v) is 2.71. The van der Waals surface area contributed by atoms with Gasteiger partial charge in [-0.1, -0.05) is 35.9 Å². The minimum atomic E-state index is -3.62. The molecule has 2 aromatic rings. The third kappa shape index (κ3) is 2.76. The first-order valence-electron chi connectivity index (χ1n) is 5.40. The molecule has 18 heavy (non-hydrogen) atoms. The van der Waals surface area contributed by atoms with E-state index in [9.17, 15) is 12.8 Å². The highest BCUT2D eigenvalue weighted by molar-refractivity contribution is 7.93. The molecule has 0 fully saturated rings. The second-order valence-electron chi connectivity index (χ2n) is 4.00. The lowest BCUT2D eigenvalue weighted by atomic mass is 10.2. The Morgan fingerprint density at radius 2 is 1.61 bits per heavy atom. The lowest BCUT2D eigenvalue weighted by molar-refractivity contribution is 0.597. The van der Waals surface area contributed by atoms with E-state index in [1.165, 1.54) is 30.3 Å². The molecule has 2 rings (SSSR count). The highest BCUT2D eigenvalue weighted by atomic mass is 32.2. The van der Waals surface area contributed by atoms with Crippen molar-refractivity contribution in [2.75, 3.05) is 0 Å². The fourth-order valence-electron chi connectivity index (χ4n) is 1.53. The SMILES string of the molecule is Cc1ccc(S(=O)(=O)[CH]c2ccccc2F)cc1. The highest BCUT2D eigenvalue weighted by Crippen LogP contribution is 2.20. The molecule has 93 valence electrons. The van der Waals surface area contributed by atoms with E-state index in [1.807, 2.05) is 6.92 Å². The number of hydrogen-bond acceptors (Lipinski definition) is 2. The van der Waals surface area contributed by atoms with Crippen LogP contribution in [0.1, 0.15) is 11.1 Å². The van der Waals surface area contributed by atoms with Crippen LogP contribution in [-0.2, 0) is 9.84 Å². The zero-order valence-corrected chi connectivity index (χ0v) is 10.6. The van der Waals surface area contributed by atoms with Gasteiger partial charge in [-0.2, -0.15) is 0 Å². The van der Waals surface area contributed by atoms with Crippen LogP contribution >= 0.6 is 0 Å². The zero-order valence-electron chi connectivity index (χ0n) is 9.80. The monoisotopic (exact) mass is 263 g/mol. The van der Waals surface area contributed by atoms with Crippen molar-refractivity contribution in [3.8, 4) is 0 Å². The molecule has 2 aromatic carbocycles. The predicted molar refractivity (Wildman–Crippen MR) is 68.2 cm³/mol. The summed E-state index contributed by atoms with van der Waals surface area (Å²) in [6.45, 7) is 1.87. The van der Waals surface area contributed by atoms with Crippen molar-refractivity contribution in [1.82, 2.24) is 0 Å². The van der Waals surface area contributed by atoms with Gasteiger partial charge in [0.25, 0.3) is 0 Å². The maximum Gasteiger partial charge on any atom is 0.187 e. The third-order valence-corrected chi connectivity index (χ3v) is 4.03. The molecule has 0 saturated carbocycles. The smallest absolute Gasteiger partial charge is 0.187 e. The predicted octanol–water partition coefficient (Wildman–Crippen LogP) is 3.12. The van der Waals surface area contributed by atoms with Crippen molar-refractivity contribution in [2.24, 2.45) is 0 Å². The standard InChI is InChI=1S/C14H12FO2S/c1-11-6-8-13(9-7-11)18(16,17)10-12-4-2-3-5-14(12)15/h2-10H,1H3. The molecule has 0 aliphatic carbocycles. The van der Waals surface area contributed by atoms with E-state index in [1.54, 1.807) is 18.2 Å². The average Bonchev–Trinajstić information content (AvgIpc) is 2.32. The van der Waals surface area contributed by atoms with Crippen LogP contribution in [0.5, 0.6) is 0 Å². The molecule has 0 heterocycles. The van der Waals surface area contributed by atoms with Gasteiger partial charge in [0.1, 0.15) is 11.6 Å². The summed E-state index contributed by atoms with van der Waals surface area (Å²) in [6.07, 6.45) is 0. The second-order valence-corrected chi connectivity index (χ2v) is 5.79. The van der Waals surface area contributed by atoms with Crippen molar-refractivity contribution in [3.05, 3.63) is 71.2 Å². The number of benzene rings is 2. The number of halogens is 1. The Kier molecular flexibility index (Phi) is 3.48. The van der Waals surface area contributed by atoms with E-state index >= 15 is 0 Å². The summed E-state index contributed by atoms with van der Waals surface area (Å²) < 4.78 is 37.5. The Morgan fingerprint density at radius 1 is 1.00 bits per heavy atom. The summed E-state index contributed by atoms with van der Waals surface area (Å²) >= 11 is 0. The molecule has 0 aliphatic rings. The summed E-state index contributed by atoms with van der Waals surface area (Å²) in [6, 6.07) is 12.2. The Bertz CT molecular complexity index is 646. The van der Waals surface area contributed by atoms with E-state index in [2.05, 4.69) is 0 Å². The Morgan fingerprint density at radius 3 is 2.22 bits per heavy atom. The number of sulfone groups is 1. The van der Waals surface area contributed by atoms with Gasteiger partial charge in [-0.15, -0.1) is 0 Å². The normalized spacial score (nSPS) is 11.4. The Balaban J connectivity index is 2.33. The number of rotatable bonds is 3. The van der Waals surface area contributed by atoms with E-state index < -0.39 is 15.7 Å². The average molecular weight is 263 g/mol. The quantitative estimate of drug-likeness (QED) is 0.852. The molecule has 0 bridgehead atoms. The summed E-state index contributed by atoms with van der Waals surface area (Å²) in [7, 11) is -3.62. The molecule has 4 heteroatoms.